The van der Waals surface area contributed by atoms with Crippen molar-refractivity contribution < 1.29 is 14.3 Å². The van der Waals surface area contributed by atoms with E-state index in [-0.39, 0.29) is 11.6 Å². The zero-order valence-corrected chi connectivity index (χ0v) is 10.2. The number of likely N-dealkylation sites (N-methyl/N-ethyl adjacent to an activating group) is 1. The molecular formula is C12H17FN2O2. The van der Waals surface area contributed by atoms with E-state index < -0.39 is 11.8 Å². The molecule has 1 aromatic rings. The molecule has 0 aromatic heterocycles. The van der Waals surface area contributed by atoms with Gasteiger partial charge in [-0.15, -0.1) is 0 Å². The Morgan fingerprint density at radius 2 is 2.18 bits per heavy atom. The van der Waals surface area contributed by atoms with Crippen molar-refractivity contribution in [2.45, 2.75) is 13.0 Å². The molecule has 2 N–H and O–H groups in total. The summed E-state index contributed by atoms with van der Waals surface area (Å²) in [5.41, 5.74) is 0.392. The Labute approximate surface area is 100 Å². The van der Waals surface area contributed by atoms with Gasteiger partial charge in [0.25, 0.3) is 0 Å². The zero-order valence-electron chi connectivity index (χ0n) is 10.2. The number of nitrogens with zero attached hydrogens (tertiary/aromatic N) is 1. The zero-order chi connectivity index (χ0) is 13.0. The highest BCUT2D eigenvalue weighted by Gasteiger charge is 2.13. The standard InChI is InChI=1S/C12H17FN2O2/c1-8(7-15(2)3)14-11-5-4-9(13)6-10(11)12(16)17/h4-6,8,14H,7H2,1-3H3,(H,16,17). The summed E-state index contributed by atoms with van der Waals surface area (Å²) in [7, 11) is 3.86. The van der Waals surface area contributed by atoms with Crippen molar-refractivity contribution in [1.82, 2.24) is 4.90 Å². The van der Waals surface area contributed by atoms with E-state index in [4.69, 9.17) is 5.11 Å². The fourth-order valence-corrected chi connectivity index (χ4v) is 1.68. The minimum absolute atomic E-state index is 0.0457. The molecule has 0 fully saturated rings. The first-order valence-electron chi connectivity index (χ1n) is 5.34. The lowest BCUT2D eigenvalue weighted by Gasteiger charge is -2.20. The van der Waals surface area contributed by atoms with Crippen LogP contribution in [0.3, 0.4) is 0 Å². The Bertz CT molecular complexity index is 407. The SMILES string of the molecule is CC(CN(C)C)Nc1ccc(F)cc1C(=O)O. The van der Waals surface area contributed by atoms with Crippen LogP contribution in [0.1, 0.15) is 17.3 Å². The Morgan fingerprint density at radius 3 is 2.71 bits per heavy atom. The van der Waals surface area contributed by atoms with E-state index in [9.17, 15) is 9.18 Å². The topological polar surface area (TPSA) is 52.6 Å². The lowest BCUT2D eigenvalue weighted by Crippen LogP contribution is -2.30. The maximum atomic E-state index is 13.0. The van der Waals surface area contributed by atoms with Gasteiger partial charge in [0, 0.05) is 18.3 Å². The molecule has 94 valence electrons. The lowest BCUT2D eigenvalue weighted by molar-refractivity contribution is 0.0697. The van der Waals surface area contributed by atoms with Crippen molar-refractivity contribution in [3.63, 3.8) is 0 Å². The number of nitrogens with one attached hydrogen (secondary N) is 1. The first kappa shape index (κ1) is 13.4. The van der Waals surface area contributed by atoms with Crippen molar-refractivity contribution in [1.29, 1.82) is 0 Å². The molecule has 1 atom stereocenters. The van der Waals surface area contributed by atoms with Crippen molar-refractivity contribution >= 4 is 11.7 Å². The monoisotopic (exact) mass is 240 g/mol. The molecule has 1 unspecified atom stereocenters. The molecule has 1 rings (SSSR count). The third-order valence-electron chi connectivity index (χ3n) is 2.25. The fraction of sp³-hybridized carbons (Fsp3) is 0.417. The summed E-state index contributed by atoms with van der Waals surface area (Å²) in [5, 5.41) is 12.0. The number of halogens is 1. The van der Waals surface area contributed by atoms with E-state index in [1.807, 2.05) is 25.9 Å². The average Bonchev–Trinajstić information content (AvgIpc) is 2.19. The first-order chi connectivity index (χ1) is 7.90. The number of carboxylic acid groups (broad SMARTS) is 1. The number of aromatic carboxylic acids is 1. The molecule has 0 aliphatic carbocycles. The summed E-state index contributed by atoms with van der Waals surface area (Å²) in [6.07, 6.45) is 0. The molecular weight excluding hydrogens is 223 g/mol. The number of rotatable bonds is 5. The summed E-state index contributed by atoms with van der Waals surface area (Å²) < 4.78 is 13.0. The maximum Gasteiger partial charge on any atom is 0.337 e. The van der Waals surface area contributed by atoms with Crippen LogP contribution in [-0.4, -0.2) is 42.7 Å². The summed E-state index contributed by atoms with van der Waals surface area (Å²) in [6, 6.07) is 3.79. The largest absolute Gasteiger partial charge is 0.478 e. The van der Waals surface area contributed by atoms with Gasteiger partial charge in [-0.3, -0.25) is 0 Å². The molecule has 0 aliphatic heterocycles. The Hall–Kier alpha value is -1.62. The van der Waals surface area contributed by atoms with Gasteiger partial charge in [0.15, 0.2) is 0 Å². The maximum absolute atomic E-state index is 13.0. The van der Waals surface area contributed by atoms with Gasteiger partial charge in [0.1, 0.15) is 5.82 Å². The normalized spacial score (nSPS) is 12.5. The number of hydrogen-bond acceptors (Lipinski definition) is 3. The number of anilines is 1. The van der Waals surface area contributed by atoms with Crippen molar-refractivity contribution in [3.05, 3.63) is 29.6 Å². The third-order valence-corrected chi connectivity index (χ3v) is 2.25. The van der Waals surface area contributed by atoms with Gasteiger partial charge < -0.3 is 15.3 Å². The van der Waals surface area contributed by atoms with E-state index in [0.717, 1.165) is 12.6 Å². The van der Waals surface area contributed by atoms with E-state index in [0.29, 0.717) is 5.69 Å². The molecule has 0 heterocycles. The molecule has 4 nitrogen and oxygen atoms in total. The van der Waals surface area contributed by atoms with Crippen LogP contribution in [0.5, 0.6) is 0 Å². The molecule has 0 spiro atoms. The van der Waals surface area contributed by atoms with E-state index in [1.54, 1.807) is 0 Å². The highest BCUT2D eigenvalue weighted by Crippen LogP contribution is 2.18. The average molecular weight is 240 g/mol. The molecule has 0 amide bonds. The van der Waals surface area contributed by atoms with Gasteiger partial charge in [-0.05, 0) is 39.2 Å². The van der Waals surface area contributed by atoms with Crippen LogP contribution in [0.2, 0.25) is 0 Å². The van der Waals surface area contributed by atoms with Gasteiger partial charge in [-0.25, -0.2) is 9.18 Å². The minimum Gasteiger partial charge on any atom is -0.478 e. The van der Waals surface area contributed by atoms with E-state index >= 15 is 0 Å². The second kappa shape index (κ2) is 5.63. The Balaban J connectivity index is 2.86. The van der Waals surface area contributed by atoms with Gasteiger partial charge in [0.05, 0.1) is 5.56 Å². The highest BCUT2D eigenvalue weighted by atomic mass is 19.1. The molecule has 5 heteroatoms. The molecule has 0 saturated carbocycles. The fourth-order valence-electron chi connectivity index (χ4n) is 1.68. The molecule has 0 bridgehead atoms. The van der Waals surface area contributed by atoms with Crippen LogP contribution in [-0.2, 0) is 0 Å². The summed E-state index contributed by atoms with van der Waals surface area (Å²) in [6.45, 7) is 2.70. The second-order valence-corrected chi connectivity index (χ2v) is 4.30. The van der Waals surface area contributed by atoms with Crippen LogP contribution >= 0.6 is 0 Å². The predicted octanol–water partition coefficient (Wildman–Crippen LogP) is 1.89. The molecule has 0 radical (unpaired) electrons. The quantitative estimate of drug-likeness (QED) is 0.825. The number of carbonyl (C=O) groups is 1. The van der Waals surface area contributed by atoms with Crippen molar-refractivity contribution in [3.8, 4) is 0 Å². The van der Waals surface area contributed by atoms with Crippen molar-refractivity contribution in [2.24, 2.45) is 0 Å². The Kier molecular flexibility index (Phi) is 4.45. The second-order valence-electron chi connectivity index (χ2n) is 4.30. The highest BCUT2D eigenvalue weighted by molar-refractivity contribution is 5.94. The summed E-state index contributed by atoms with van der Waals surface area (Å²) >= 11 is 0. The summed E-state index contributed by atoms with van der Waals surface area (Å²) in [4.78, 5) is 12.9. The Morgan fingerprint density at radius 1 is 1.53 bits per heavy atom. The van der Waals surface area contributed by atoms with Crippen LogP contribution in [0, 0.1) is 5.82 Å². The molecule has 0 saturated heterocycles. The first-order valence-corrected chi connectivity index (χ1v) is 5.34. The number of benzene rings is 1. The smallest absolute Gasteiger partial charge is 0.337 e. The van der Waals surface area contributed by atoms with E-state index in [1.165, 1.54) is 12.1 Å². The predicted molar refractivity (Wildman–Crippen MR) is 65.0 cm³/mol. The van der Waals surface area contributed by atoms with Crippen LogP contribution in [0.4, 0.5) is 10.1 Å². The molecule has 17 heavy (non-hydrogen) atoms. The molecule has 0 aliphatic rings. The molecule has 1 aromatic carbocycles. The van der Waals surface area contributed by atoms with E-state index in [2.05, 4.69) is 5.32 Å². The van der Waals surface area contributed by atoms with Crippen molar-refractivity contribution in [2.75, 3.05) is 26.0 Å². The summed E-state index contributed by atoms with van der Waals surface area (Å²) in [5.74, 6) is -1.68. The van der Waals surface area contributed by atoms with Gasteiger partial charge in [-0.2, -0.15) is 0 Å². The van der Waals surface area contributed by atoms with Gasteiger partial charge >= 0.3 is 5.97 Å². The third kappa shape index (κ3) is 4.03. The van der Waals surface area contributed by atoms with Crippen LogP contribution in [0.25, 0.3) is 0 Å². The van der Waals surface area contributed by atoms with Gasteiger partial charge in [-0.1, -0.05) is 0 Å². The lowest BCUT2D eigenvalue weighted by atomic mass is 10.1. The minimum atomic E-state index is -1.14. The van der Waals surface area contributed by atoms with Crippen LogP contribution < -0.4 is 5.32 Å². The van der Waals surface area contributed by atoms with Gasteiger partial charge in [0.2, 0.25) is 0 Å². The number of carboxylic acids is 1. The van der Waals surface area contributed by atoms with Crippen LogP contribution in [0.15, 0.2) is 18.2 Å². The number of hydrogen-bond donors (Lipinski definition) is 2.